The Morgan fingerprint density at radius 1 is 0.523 bits per heavy atom. The summed E-state index contributed by atoms with van der Waals surface area (Å²) in [5.41, 5.74) is 8.76. The van der Waals surface area contributed by atoms with E-state index in [9.17, 15) is 5.26 Å². The summed E-state index contributed by atoms with van der Waals surface area (Å²) < 4.78 is 34.2. The van der Waals surface area contributed by atoms with E-state index in [0.717, 1.165) is 60.8 Å². The van der Waals surface area contributed by atoms with Crippen molar-refractivity contribution < 1.29 is 8.78 Å². The minimum absolute atomic E-state index is 0.382. The average Bonchev–Trinajstić information content (AvgIpc) is 3.52. The normalized spacial score (nSPS) is 11.6. The van der Waals surface area contributed by atoms with Crippen molar-refractivity contribution in [3.05, 3.63) is 144 Å². The molecule has 0 N–H and O–H groups in total. The van der Waals surface area contributed by atoms with Crippen molar-refractivity contribution in [3.8, 4) is 28.6 Å². The van der Waals surface area contributed by atoms with Crippen LogP contribution in [0.4, 0.5) is 8.78 Å². The number of para-hydroxylation sites is 2. The summed E-state index contributed by atoms with van der Waals surface area (Å²) in [6.45, 7) is 4.12. The summed E-state index contributed by atoms with van der Waals surface area (Å²) in [7, 11) is 0. The molecule has 0 aliphatic heterocycles. The molecule has 0 fully saturated rings. The molecule has 0 aliphatic carbocycles. The predicted octanol–water partition coefficient (Wildman–Crippen LogP) is 10.3. The molecule has 3 nitrogen and oxygen atoms in total. The van der Waals surface area contributed by atoms with Gasteiger partial charge in [-0.15, -0.1) is 0 Å². The number of nitrogens with zero attached hydrogens (tertiary/aromatic N) is 3. The highest BCUT2D eigenvalue weighted by molar-refractivity contribution is 6.12. The minimum Gasteiger partial charge on any atom is -0.308 e. The molecule has 0 aliphatic rings. The summed E-state index contributed by atoms with van der Waals surface area (Å²) in [5.74, 6) is -1.34. The Morgan fingerprint density at radius 3 is 1.45 bits per heavy atom. The van der Waals surface area contributed by atoms with Gasteiger partial charge in [0.25, 0.3) is 0 Å². The van der Waals surface area contributed by atoms with Gasteiger partial charge in [0, 0.05) is 33.2 Å². The molecule has 44 heavy (non-hydrogen) atoms. The first kappa shape index (κ1) is 25.9. The monoisotopic (exact) mass is 573 g/mol. The van der Waals surface area contributed by atoms with Gasteiger partial charge in [-0.05, 0) is 80.1 Å². The highest BCUT2D eigenvalue weighted by Gasteiger charge is 2.23. The summed E-state index contributed by atoms with van der Waals surface area (Å²) in [5, 5.41) is 14.6. The van der Waals surface area contributed by atoms with Crippen molar-refractivity contribution in [2.45, 2.75) is 13.8 Å². The zero-order valence-electron chi connectivity index (χ0n) is 24.1. The van der Waals surface area contributed by atoms with Crippen molar-refractivity contribution in [2.24, 2.45) is 0 Å². The van der Waals surface area contributed by atoms with Gasteiger partial charge in [-0.1, -0.05) is 59.7 Å². The molecule has 2 aromatic heterocycles. The number of halogens is 2. The SMILES string of the molecule is Cc1ccc2c(c1)c1ccccc1n2-c1cc(C#N)cc(-n2c3ccccc3c3cc(C)ccc32)c1-c1cc(F)cc(F)c1. The largest absolute Gasteiger partial charge is 0.308 e. The maximum Gasteiger partial charge on any atom is 0.126 e. The fraction of sp³-hybridized carbons (Fsp3) is 0.0513. The molecule has 0 saturated carbocycles. The molecule has 5 heteroatoms. The Balaban J connectivity index is 1.62. The first-order chi connectivity index (χ1) is 21.4. The minimum atomic E-state index is -0.669. The van der Waals surface area contributed by atoms with Gasteiger partial charge in [0.2, 0.25) is 0 Å². The van der Waals surface area contributed by atoms with Crippen LogP contribution in [-0.4, -0.2) is 9.13 Å². The Hall–Kier alpha value is -5.73. The molecule has 0 unspecified atom stereocenters. The molecule has 0 bridgehead atoms. The number of aromatic nitrogens is 2. The third-order valence-electron chi connectivity index (χ3n) is 8.52. The number of benzene rings is 6. The third-order valence-corrected chi connectivity index (χ3v) is 8.52. The Kier molecular flexibility index (Phi) is 5.69. The fourth-order valence-electron chi connectivity index (χ4n) is 6.72. The Bertz CT molecular complexity index is 2350. The number of aryl methyl sites for hydroxylation is 2. The van der Waals surface area contributed by atoms with Crippen LogP contribution in [0, 0.1) is 36.8 Å². The van der Waals surface area contributed by atoms with E-state index in [1.165, 1.54) is 12.1 Å². The van der Waals surface area contributed by atoms with Crippen molar-refractivity contribution in [1.82, 2.24) is 9.13 Å². The van der Waals surface area contributed by atoms with Gasteiger partial charge < -0.3 is 9.13 Å². The zero-order valence-corrected chi connectivity index (χ0v) is 24.1. The zero-order chi connectivity index (χ0) is 30.1. The number of rotatable bonds is 3. The smallest absolute Gasteiger partial charge is 0.126 e. The third kappa shape index (κ3) is 3.85. The molecular weight excluding hydrogens is 548 g/mol. The van der Waals surface area contributed by atoms with E-state index in [-0.39, 0.29) is 0 Å². The first-order valence-electron chi connectivity index (χ1n) is 14.5. The molecule has 8 aromatic rings. The lowest BCUT2D eigenvalue weighted by atomic mass is 9.97. The van der Waals surface area contributed by atoms with Gasteiger partial charge in [-0.2, -0.15) is 5.26 Å². The second-order valence-corrected chi connectivity index (χ2v) is 11.4. The molecule has 0 spiro atoms. The van der Waals surface area contributed by atoms with Gasteiger partial charge in [0.1, 0.15) is 11.6 Å². The molecule has 210 valence electrons. The van der Waals surface area contributed by atoms with Crippen LogP contribution in [0.2, 0.25) is 0 Å². The highest BCUT2D eigenvalue weighted by atomic mass is 19.1. The summed E-state index contributed by atoms with van der Waals surface area (Å²) in [4.78, 5) is 0. The maximum absolute atomic E-state index is 15.0. The predicted molar refractivity (Wildman–Crippen MR) is 175 cm³/mol. The van der Waals surface area contributed by atoms with E-state index in [0.29, 0.717) is 28.1 Å². The van der Waals surface area contributed by atoms with Crippen molar-refractivity contribution in [1.29, 1.82) is 5.26 Å². The van der Waals surface area contributed by atoms with Crippen LogP contribution in [0.5, 0.6) is 0 Å². The van der Waals surface area contributed by atoms with Crippen molar-refractivity contribution in [2.75, 3.05) is 0 Å². The number of hydrogen-bond acceptors (Lipinski definition) is 1. The standard InChI is InChI=1S/C39H25F2N3/c1-23-11-13-35-31(15-23)29-7-3-5-9-33(29)43(35)37-17-25(22-42)18-38(39(37)26-19-27(40)21-28(41)20-26)44-34-10-6-4-8-30(34)32-16-24(2)12-14-36(32)44/h3-21H,1-2H3. The van der Waals surface area contributed by atoms with Gasteiger partial charge >= 0.3 is 0 Å². The van der Waals surface area contributed by atoms with Gasteiger partial charge in [-0.3, -0.25) is 0 Å². The summed E-state index contributed by atoms with van der Waals surface area (Å²) in [6.07, 6.45) is 0. The average molecular weight is 574 g/mol. The number of hydrogen-bond donors (Lipinski definition) is 0. The molecule has 0 atom stereocenters. The molecule has 0 amide bonds. The first-order valence-corrected chi connectivity index (χ1v) is 14.5. The summed E-state index contributed by atoms with van der Waals surface area (Å²) in [6, 6.07) is 38.4. The highest BCUT2D eigenvalue weighted by Crippen LogP contribution is 2.43. The topological polar surface area (TPSA) is 33.6 Å². The molecule has 0 radical (unpaired) electrons. The van der Waals surface area contributed by atoms with E-state index in [1.807, 2.05) is 48.5 Å². The Labute approximate surface area is 252 Å². The summed E-state index contributed by atoms with van der Waals surface area (Å²) >= 11 is 0. The van der Waals surface area contributed by atoms with Crippen LogP contribution < -0.4 is 0 Å². The molecular formula is C39H25F2N3. The van der Waals surface area contributed by atoms with Crippen LogP contribution >= 0.6 is 0 Å². The number of nitriles is 1. The van der Waals surface area contributed by atoms with Crippen LogP contribution in [0.25, 0.3) is 66.1 Å². The molecule has 0 saturated heterocycles. The van der Waals surface area contributed by atoms with Crippen LogP contribution in [0.15, 0.2) is 115 Å². The second kappa shape index (κ2) is 9.65. The van der Waals surface area contributed by atoms with E-state index in [2.05, 4.69) is 77.6 Å². The van der Waals surface area contributed by atoms with E-state index in [1.54, 1.807) is 0 Å². The van der Waals surface area contributed by atoms with Crippen molar-refractivity contribution >= 4 is 43.6 Å². The van der Waals surface area contributed by atoms with E-state index < -0.39 is 11.6 Å². The lowest BCUT2D eigenvalue weighted by Gasteiger charge is -2.21. The van der Waals surface area contributed by atoms with E-state index >= 15 is 8.78 Å². The van der Waals surface area contributed by atoms with Crippen LogP contribution in [0.3, 0.4) is 0 Å². The maximum atomic E-state index is 15.0. The van der Waals surface area contributed by atoms with Gasteiger partial charge in [0.15, 0.2) is 0 Å². The van der Waals surface area contributed by atoms with E-state index in [4.69, 9.17) is 0 Å². The molecule has 6 aromatic carbocycles. The van der Waals surface area contributed by atoms with Crippen LogP contribution in [-0.2, 0) is 0 Å². The van der Waals surface area contributed by atoms with Gasteiger partial charge in [0.05, 0.1) is 45.1 Å². The lowest BCUT2D eigenvalue weighted by molar-refractivity contribution is 0.584. The van der Waals surface area contributed by atoms with Crippen molar-refractivity contribution in [3.63, 3.8) is 0 Å². The fourth-order valence-corrected chi connectivity index (χ4v) is 6.72. The second-order valence-electron chi connectivity index (χ2n) is 11.4. The number of fused-ring (bicyclic) bond motifs is 6. The van der Waals surface area contributed by atoms with Crippen LogP contribution in [0.1, 0.15) is 16.7 Å². The Morgan fingerprint density at radius 2 is 0.977 bits per heavy atom. The quantitative estimate of drug-likeness (QED) is 0.207. The molecule has 8 rings (SSSR count). The van der Waals surface area contributed by atoms with Gasteiger partial charge in [-0.25, -0.2) is 8.78 Å². The lowest BCUT2D eigenvalue weighted by Crippen LogP contribution is -2.05. The molecule has 2 heterocycles.